The van der Waals surface area contributed by atoms with E-state index in [1.807, 2.05) is 0 Å². The average molecular weight is 324 g/mol. The topological polar surface area (TPSA) is 54.6 Å². The van der Waals surface area contributed by atoms with E-state index < -0.39 is 17.6 Å². The highest BCUT2D eigenvalue weighted by molar-refractivity contribution is 6.01. The van der Waals surface area contributed by atoms with Crippen LogP contribution in [0.4, 0.5) is 13.2 Å². The zero-order valence-electron chi connectivity index (χ0n) is 12.8. The minimum atomic E-state index is -4.43. The standard InChI is InChI=1S/C16H15F3N2O2/c1-9-7-14(11(3)23-9)15(22)21-20-10(2)12-5-4-6-13(8-12)16(17,18)19/h4-8H,1-3H3,(H,21,22). The van der Waals surface area contributed by atoms with Crippen LogP contribution in [0.25, 0.3) is 0 Å². The molecule has 0 saturated heterocycles. The van der Waals surface area contributed by atoms with Gasteiger partial charge in [-0.25, -0.2) is 5.43 Å². The van der Waals surface area contributed by atoms with Crippen LogP contribution in [0.2, 0.25) is 0 Å². The fourth-order valence-corrected chi connectivity index (χ4v) is 2.04. The number of amides is 1. The zero-order valence-corrected chi connectivity index (χ0v) is 12.8. The van der Waals surface area contributed by atoms with E-state index in [2.05, 4.69) is 10.5 Å². The number of hydrazone groups is 1. The number of benzene rings is 1. The Bertz CT molecular complexity index is 761. The summed E-state index contributed by atoms with van der Waals surface area (Å²) in [7, 11) is 0. The number of nitrogens with zero attached hydrogens (tertiary/aromatic N) is 1. The predicted molar refractivity (Wildman–Crippen MR) is 79.3 cm³/mol. The Labute approximate surface area is 131 Å². The van der Waals surface area contributed by atoms with Gasteiger partial charge in [0.25, 0.3) is 5.91 Å². The summed E-state index contributed by atoms with van der Waals surface area (Å²) < 4.78 is 43.3. The van der Waals surface area contributed by atoms with Gasteiger partial charge in [-0.15, -0.1) is 0 Å². The summed E-state index contributed by atoms with van der Waals surface area (Å²) in [5.41, 5.74) is 2.43. The Morgan fingerprint density at radius 1 is 1.22 bits per heavy atom. The van der Waals surface area contributed by atoms with E-state index in [0.29, 0.717) is 17.1 Å². The first-order valence-electron chi connectivity index (χ1n) is 6.78. The fourth-order valence-electron chi connectivity index (χ4n) is 2.04. The molecule has 2 rings (SSSR count). The van der Waals surface area contributed by atoms with Crippen LogP contribution >= 0.6 is 0 Å². The van der Waals surface area contributed by atoms with E-state index in [1.54, 1.807) is 19.9 Å². The van der Waals surface area contributed by atoms with E-state index in [-0.39, 0.29) is 11.3 Å². The molecule has 0 fully saturated rings. The van der Waals surface area contributed by atoms with E-state index in [1.165, 1.54) is 19.1 Å². The molecule has 0 aliphatic carbocycles. The number of alkyl halides is 3. The lowest BCUT2D eigenvalue weighted by atomic mass is 10.1. The quantitative estimate of drug-likeness (QED) is 0.683. The number of nitrogens with one attached hydrogen (secondary N) is 1. The van der Waals surface area contributed by atoms with Gasteiger partial charge in [0.05, 0.1) is 16.8 Å². The molecule has 122 valence electrons. The first kappa shape index (κ1) is 16.8. The summed E-state index contributed by atoms with van der Waals surface area (Å²) >= 11 is 0. The number of hydrogen-bond acceptors (Lipinski definition) is 3. The number of furan rings is 1. The van der Waals surface area contributed by atoms with E-state index in [4.69, 9.17) is 4.42 Å². The van der Waals surface area contributed by atoms with Crippen molar-refractivity contribution in [1.82, 2.24) is 5.43 Å². The van der Waals surface area contributed by atoms with E-state index >= 15 is 0 Å². The number of hydrogen-bond donors (Lipinski definition) is 1. The van der Waals surface area contributed by atoms with Gasteiger partial charge in [0.2, 0.25) is 0 Å². The highest BCUT2D eigenvalue weighted by Gasteiger charge is 2.30. The molecule has 0 bridgehead atoms. The predicted octanol–water partition coefficient (Wildman–Crippen LogP) is 4.07. The molecule has 0 spiro atoms. The van der Waals surface area contributed by atoms with Crippen molar-refractivity contribution in [2.24, 2.45) is 5.10 Å². The lowest BCUT2D eigenvalue weighted by Gasteiger charge is -2.08. The van der Waals surface area contributed by atoms with Crippen molar-refractivity contribution in [2.75, 3.05) is 0 Å². The summed E-state index contributed by atoms with van der Waals surface area (Å²) in [5.74, 6) is 0.559. The van der Waals surface area contributed by atoms with Crippen LogP contribution in [0, 0.1) is 13.8 Å². The SMILES string of the molecule is CC(=NNC(=O)c1cc(C)oc1C)c1cccc(C(F)(F)F)c1. The molecule has 7 heteroatoms. The van der Waals surface area contributed by atoms with Crippen LogP contribution in [0.3, 0.4) is 0 Å². The first-order valence-corrected chi connectivity index (χ1v) is 6.78. The van der Waals surface area contributed by atoms with Crippen molar-refractivity contribution in [1.29, 1.82) is 0 Å². The molecule has 0 aliphatic heterocycles. The van der Waals surface area contributed by atoms with E-state index in [9.17, 15) is 18.0 Å². The molecule has 0 atom stereocenters. The molecule has 2 aromatic rings. The van der Waals surface area contributed by atoms with Crippen molar-refractivity contribution in [3.63, 3.8) is 0 Å². The van der Waals surface area contributed by atoms with Gasteiger partial charge in [0.1, 0.15) is 11.5 Å². The second kappa shape index (κ2) is 6.28. The highest BCUT2D eigenvalue weighted by Crippen LogP contribution is 2.29. The maximum absolute atomic E-state index is 12.7. The van der Waals surface area contributed by atoms with Crippen LogP contribution in [0.1, 0.15) is 39.9 Å². The largest absolute Gasteiger partial charge is 0.466 e. The van der Waals surface area contributed by atoms with Crippen molar-refractivity contribution in [3.8, 4) is 0 Å². The summed E-state index contributed by atoms with van der Waals surface area (Å²) in [4.78, 5) is 12.0. The summed E-state index contributed by atoms with van der Waals surface area (Å²) in [6.07, 6.45) is -4.43. The van der Waals surface area contributed by atoms with Gasteiger partial charge >= 0.3 is 6.18 Å². The fraction of sp³-hybridized carbons (Fsp3) is 0.250. The number of aryl methyl sites for hydroxylation is 2. The Morgan fingerprint density at radius 2 is 1.91 bits per heavy atom. The van der Waals surface area contributed by atoms with Gasteiger partial charge in [-0.05, 0) is 44.5 Å². The third-order valence-corrected chi connectivity index (χ3v) is 3.22. The minimum Gasteiger partial charge on any atom is -0.466 e. The van der Waals surface area contributed by atoms with Crippen molar-refractivity contribution < 1.29 is 22.4 Å². The molecule has 23 heavy (non-hydrogen) atoms. The molecule has 1 aromatic carbocycles. The second-order valence-electron chi connectivity index (χ2n) is 5.04. The zero-order chi connectivity index (χ0) is 17.2. The lowest BCUT2D eigenvalue weighted by molar-refractivity contribution is -0.137. The molecule has 0 saturated carbocycles. The highest BCUT2D eigenvalue weighted by atomic mass is 19.4. The van der Waals surface area contributed by atoms with Gasteiger partial charge in [-0.1, -0.05) is 12.1 Å². The third kappa shape index (κ3) is 4.00. The molecule has 0 aliphatic rings. The number of halogens is 3. The van der Waals surface area contributed by atoms with Crippen LogP contribution in [-0.4, -0.2) is 11.6 Å². The number of rotatable bonds is 3. The maximum atomic E-state index is 12.7. The Morgan fingerprint density at radius 3 is 2.48 bits per heavy atom. The lowest BCUT2D eigenvalue weighted by Crippen LogP contribution is -2.19. The Balaban J connectivity index is 2.17. The first-order chi connectivity index (χ1) is 10.7. The molecule has 1 aromatic heterocycles. The molecule has 0 unspecified atom stereocenters. The minimum absolute atomic E-state index is 0.266. The molecule has 1 heterocycles. The van der Waals surface area contributed by atoms with Crippen molar-refractivity contribution in [2.45, 2.75) is 26.9 Å². The monoisotopic (exact) mass is 324 g/mol. The number of carbonyl (C=O) groups is 1. The molecular formula is C16H15F3N2O2. The van der Waals surface area contributed by atoms with Gasteiger partial charge in [0.15, 0.2) is 0 Å². The summed E-state index contributed by atoms with van der Waals surface area (Å²) in [6, 6.07) is 6.32. The Kier molecular flexibility index (Phi) is 4.58. The summed E-state index contributed by atoms with van der Waals surface area (Å²) in [5, 5.41) is 3.85. The second-order valence-corrected chi connectivity index (χ2v) is 5.04. The van der Waals surface area contributed by atoms with Crippen molar-refractivity contribution in [3.05, 3.63) is 58.5 Å². The molecule has 0 radical (unpaired) electrons. The molecule has 1 amide bonds. The smallest absolute Gasteiger partial charge is 0.416 e. The van der Waals surface area contributed by atoms with Crippen LogP contribution in [0.5, 0.6) is 0 Å². The van der Waals surface area contributed by atoms with Crippen LogP contribution < -0.4 is 5.43 Å². The molecular weight excluding hydrogens is 309 g/mol. The Hall–Kier alpha value is -2.57. The summed E-state index contributed by atoms with van der Waals surface area (Å²) in [6.45, 7) is 4.87. The maximum Gasteiger partial charge on any atom is 0.416 e. The van der Waals surface area contributed by atoms with Gasteiger partial charge in [-0.2, -0.15) is 18.3 Å². The normalized spacial score (nSPS) is 12.3. The van der Waals surface area contributed by atoms with Crippen LogP contribution in [-0.2, 0) is 6.18 Å². The van der Waals surface area contributed by atoms with Gasteiger partial charge < -0.3 is 4.42 Å². The molecule has 4 nitrogen and oxygen atoms in total. The van der Waals surface area contributed by atoms with Crippen molar-refractivity contribution >= 4 is 11.6 Å². The molecule has 1 N–H and O–H groups in total. The van der Waals surface area contributed by atoms with Gasteiger partial charge in [-0.3, -0.25) is 4.79 Å². The number of carbonyl (C=O) groups excluding carboxylic acids is 1. The van der Waals surface area contributed by atoms with Crippen LogP contribution in [0.15, 0.2) is 39.9 Å². The average Bonchev–Trinajstić information content (AvgIpc) is 2.82. The third-order valence-electron chi connectivity index (χ3n) is 3.22. The van der Waals surface area contributed by atoms with Gasteiger partial charge in [0, 0.05) is 0 Å². The van der Waals surface area contributed by atoms with E-state index in [0.717, 1.165) is 12.1 Å².